The van der Waals surface area contributed by atoms with Crippen LogP contribution in [-0.4, -0.2) is 26.6 Å². The average molecular weight is 273 g/mol. The lowest BCUT2D eigenvalue weighted by molar-refractivity contribution is 0.101. The molecule has 2 N–H and O–H groups in total. The van der Waals surface area contributed by atoms with Gasteiger partial charge in [-0.2, -0.15) is 5.10 Å². The Kier molecular flexibility index (Phi) is 4.09. The first-order valence-electron chi connectivity index (χ1n) is 6.05. The minimum atomic E-state index is -0.354. The van der Waals surface area contributed by atoms with Crippen molar-refractivity contribution >= 4 is 17.5 Å². The number of carbonyl (C=O) groups is 2. The van der Waals surface area contributed by atoms with Crippen LogP contribution in [0.4, 0.5) is 10.5 Å². The number of nitrogens with one attached hydrogen (secondary N) is 2. The lowest BCUT2D eigenvalue weighted by Crippen LogP contribution is -2.28. The summed E-state index contributed by atoms with van der Waals surface area (Å²) >= 11 is 0. The standard InChI is InChI=1S/C13H15N5O2/c1-9(19)10-3-5-11(6-4-10)16-13(20)14-7-12-15-8-18(2)17-12/h3-6,8H,7H2,1-2H3,(H2,14,16,20). The Morgan fingerprint density at radius 1 is 1.25 bits per heavy atom. The molecule has 7 heteroatoms. The topological polar surface area (TPSA) is 88.9 Å². The van der Waals surface area contributed by atoms with Crippen molar-refractivity contribution in [3.05, 3.63) is 42.0 Å². The zero-order valence-corrected chi connectivity index (χ0v) is 11.3. The second-order valence-electron chi connectivity index (χ2n) is 4.28. The van der Waals surface area contributed by atoms with Gasteiger partial charge in [-0.25, -0.2) is 9.78 Å². The van der Waals surface area contributed by atoms with Gasteiger partial charge in [-0.05, 0) is 31.2 Å². The van der Waals surface area contributed by atoms with Crippen molar-refractivity contribution in [2.75, 3.05) is 5.32 Å². The third-order valence-electron chi connectivity index (χ3n) is 2.60. The molecule has 0 aliphatic carbocycles. The molecule has 2 rings (SSSR count). The molecule has 0 bridgehead atoms. The summed E-state index contributed by atoms with van der Waals surface area (Å²) in [4.78, 5) is 26.8. The number of carbonyl (C=O) groups excluding carboxylic acids is 2. The van der Waals surface area contributed by atoms with Crippen LogP contribution in [0.5, 0.6) is 0 Å². The van der Waals surface area contributed by atoms with Crippen LogP contribution < -0.4 is 10.6 Å². The number of hydrogen-bond donors (Lipinski definition) is 2. The van der Waals surface area contributed by atoms with Crippen molar-refractivity contribution in [3.63, 3.8) is 0 Å². The van der Waals surface area contributed by atoms with Gasteiger partial charge in [-0.15, -0.1) is 0 Å². The van der Waals surface area contributed by atoms with Crippen molar-refractivity contribution in [1.82, 2.24) is 20.1 Å². The fourth-order valence-corrected chi connectivity index (χ4v) is 1.59. The summed E-state index contributed by atoms with van der Waals surface area (Å²) in [5, 5.41) is 9.35. The number of aryl methyl sites for hydroxylation is 1. The summed E-state index contributed by atoms with van der Waals surface area (Å²) in [7, 11) is 1.76. The summed E-state index contributed by atoms with van der Waals surface area (Å²) in [6.07, 6.45) is 1.56. The Bertz CT molecular complexity index is 618. The Morgan fingerprint density at radius 3 is 2.50 bits per heavy atom. The lowest BCUT2D eigenvalue weighted by Gasteiger charge is -2.06. The monoisotopic (exact) mass is 273 g/mol. The number of ketones is 1. The number of Topliss-reactive ketones (excluding diaryl/α,β-unsaturated/α-hetero) is 1. The predicted octanol–water partition coefficient (Wildman–Crippen LogP) is 1.34. The molecule has 0 atom stereocenters. The summed E-state index contributed by atoms with van der Waals surface area (Å²) in [5.41, 5.74) is 1.22. The van der Waals surface area contributed by atoms with Gasteiger partial charge in [0.05, 0.1) is 6.54 Å². The first kappa shape index (κ1) is 13.7. The Morgan fingerprint density at radius 2 is 1.95 bits per heavy atom. The minimum Gasteiger partial charge on any atom is -0.330 e. The number of aromatic nitrogens is 3. The third kappa shape index (κ3) is 3.64. The molecule has 2 amide bonds. The molecule has 0 aliphatic heterocycles. The van der Waals surface area contributed by atoms with Crippen LogP contribution in [0.3, 0.4) is 0 Å². The maximum Gasteiger partial charge on any atom is 0.319 e. The highest BCUT2D eigenvalue weighted by atomic mass is 16.2. The largest absolute Gasteiger partial charge is 0.330 e. The van der Waals surface area contributed by atoms with E-state index in [1.165, 1.54) is 6.92 Å². The maximum absolute atomic E-state index is 11.7. The van der Waals surface area contributed by atoms with Gasteiger partial charge < -0.3 is 10.6 Å². The first-order valence-corrected chi connectivity index (χ1v) is 6.05. The van der Waals surface area contributed by atoms with E-state index in [2.05, 4.69) is 20.7 Å². The first-order chi connectivity index (χ1) is 9.54. The molecular formula is C13H15N5O2. The number of nitrogens with zero attached hydrogens (tertiary/aromatic N) is 3. The predicted molar refractivity (Wildman–Crippen MR) is 73.3 cm³/mol. The molecule has 20 heavy (non-hydrogen) atoms. The zero-order valence-electron chi connectivity index (χ0n) is 11.3. The van der Waals surface area contributed by atoms with Crippen molar-refractivity contribution in [3.8, 4) is 0 Å². The highest BCUT2D eigenvalue weighted by Gasteiger charge is 2.05. The summed E-state index contributed by atoms with van der Waals surface area (Å²) in [6, 6.07) is 6.33. The van der Waals surface area contributed by atoms with Gasteiger partial charge >= 0.3 is 6.03 Å². The average Bonchev–Trinajstić information content (AvgIpc) is 2.83. The lowest BCUT2D eigenvalue weighted by atomic mass is 10.1. The second kappa shape index (κ2) is 5.96. The van der Waals surface area contributed by atoms with Crippen molar-refractivity contribution in [1.29, 1.82) is 0 Å². The van der Waals surface area contributed by atoms with Crippen LogP contribution in [0.15, 0.2) is 30.6 Å². The van der Waals surface area contributed by atoms with Crippen LogP contribution in [0.1, 0.15) is 23.1 Å². The third-order valence-corrected chi connectivity index (χ3v) is 2.60. The summed E-state index contributed by atoms with van der Waals surface area (Å²) in [6.45, 7) is 1.74. The highest BCUT2D eigenvalue weighted by molar-refractivity contribution is 5.95. The van der Waals surface area contributed by atoms with Crippen LogP contribution in [0.25, 0.3) is 0 Å². The van der Waals surface area contributed by atoms with Crippen LogP contribution in [-0.2, 0) is 13.6 Å². The van der Waals surface area contributed by atoms with E-state index in [1.807, 2.05) is 0 Å². The number of amides is 2. The van der Waals surface area contributed by atoms with E-state index in [4.69, 9.17) is 0 Å². The van der Waals surface area contributed by atoms with Crippen LogP contribution >= 0.6 is 0 Å². The Balaban J connectivity index is 1.86. The van der Waals surface area contributed by atoms with Gasteiger partial charge in [0.15, 0.2) is 11.6 Å². The zero-order chi connectivity index (χ0) is 14.5. The number of urea groups is 1. The molecule has 7 nitrogen and oxygen atoms in total. The molecule has 0 radical (unpaired) electrons. The van der Waals surface area contributed by atoms with E-state index in [1.54, 1.807) is 42.3 Å². The van der Waals surface area contributed by atoms with Gasteiger partial charge in [0, 0.05) is 18.3 Å². The number of hydrogen-bond acceptors (Lipinski definition) is 4. The number of benzene rings is 1. The van der Waals surface area contributed by atoms with E-state index in [0.29, 0.717) is 17.1 Å². The maximum atomic E-state index is 11.7. The minimum absolute atomic E-state index is 0.0118. The van der Waals surface area contributed by atoms with Gasteiger partial charge in [-0.3, -0.25) is 9.48 Å². The van der Waals surface area contributed by atoms with E-state index >= 15 is 0 Å². The van der Waals surface area contributed by atoms with E-state index in [9.17, 15) is 9.59 Å². The van der Waals surface area contributed by atoms with Crippen molar-refractivity contribution in [2.24, 2.45) is 7.05 Å². The second-order valence-corrected chi connectivity index (χ2v) is 4.28. The van der Waals surface area contributed by atoms with E-state index < -0.39 is 0 Å². The van der Waals surface area contributed by atoms with Crippen molar-refractivity contribution < 1.29 is 9.59 Å². The molecule has 104 valence electrons. The fourth-order valence-electron chi connectivity index (χ4n) is 1.59. The van der Waals surface area contributed by atoms with E-state index in [0.717, 1.165) is 0 Å². The van der Waals surface area contributed by atoms with Crippen LogP contribution in [0.2, 0.25) is 0 Å². The molecule has 2 aromatic rings. The molecule has 0 saturated heterocycles. The van der Waals surface area contributed by atoms with Crippen LogP contribution in [0, 0.1) is 0 Å². The molecular weight excluding hydrogens is 258 g/mol. The molecule has 0 unspecified atom stereocenters. The SMILES string of the molecule is CC(=O)c1ccc(NC(=O)NCc2ncn(C)n2)cc1. The van der Waals surface area contributed by atoms with E-state index in [-0.39, 0.29) is 18.4 Å². The molecule has 0 saturated carbocycles. The molecule has 1 heterocycles. The molecule has 1 aromatic carbocycles. The normalized spacial score (nSPS) is 10.1. The van der Waals surface area contributed by atoms with Gasteiger partial charge in [0.25, 0.3) is 0 Å². The quantitative estimate of drug-likeness (QED) is 0.823. The molecule has 1 aromatic heterocycles. The number of anilines is 1. The van der Waals surface area contributed by atoms with Gasteiger partial charge in [-0.1, -0.05) is 0 Å². The fraction of sp³-hybridized carbons (Fsp3) is 0.231. The van der Waals surface area contributed by atoms with Crippen molar-refractivity contribution in [2.45, 2.75) is 13.5 Å². The molecule has 0 spiro atoms. The smallest absolute Gasteiger partial charge is 0.319 e. The summed E-state index contributed by atoms with van der Waals surface area (Å²) < 4.78 is 1.56. The van der Waals surface area contributed by atoms with Gasteiger partial charge in [0.1, 0.15) is 6.33 Å². The Hall–Kier alpha value is -2.70. The molecule has 0 aliphatic rings. The molecule has 0 fully saturated rings. The highest BCUT2D eigenvalue weighted by Crippen LogP contribution is 2.09. The van der Waals surface area contributed by atoms with Gasteiger partial charge in [0.2, 0.25) is 0 Å². The number of rotatable bonds is 4. The summed E-state index contributed by atoms with van der Waals surface area (Å²) in [5.74, 6) is 0.525. The Labute approximate surface area is 116 Å².